The van der Waals surface area contributed by atoms with Gasteiger partial charge in [0.25, 0.3) is 0 Å². The van der Waals surface area contributed by atoms with Gasteiger partial charge in [0, 0.05) is 44.8 Å². The molecule has 4 nitrogen and oxygen atoms in total. The van der Waals surface area contributed by atoms with Crippen molar-refractivity contribution in [3.8, 4) is 50.7 Å². The average Bonchev–Trinajstić information content (AvgIpc) is 3.47. The predicted molar refractivity (Wildman–Crippen MR) is 206 cm³/mol. The van der Waals surface area contributed by atoms with Gasteiger partial charge >= 0.3 is 0 Å². The smallest absolute Gasteiger partial charge is 0.162 e. The SMILES string of the molecule is c1ccc(-c2cc(-n3c4ccccc4c4c5c(ccc43)N(c3ccccc3)c3ccccc3-c3ccccc3-5)nc(-c3ccccc3)n2)cc1. The van der Waals surface area contributed by atoms with Gasteiger partial charge in [0.15, 0.2) is 5.82 Å². The summed E-state index contributed by atoms with van der Waals surface area (Å²) in [5, 5.41) is 2.37. The van der Waals surface area contributed by atoms with Crippen LogP contribution in [0.15, 0.2) is 182 Å². The van der Waals surface area contributed by atoms with Crippen molar-refractivity contribution in [1.29, 1.82) is 0 Å². The Morgan fingerprint density at radius 2 is 1.04 bits per heavy atom. The van der Waals surface area contributed by atoms with Crippen molar-refractivity contribution in [2.75, 3.05) is 4.90 Å². The third-order valence-corrected chi connectivity index (χ3v) is 9.75. The molecule has 1 aliphatic rings. The van der Waals surface area contributed by atoms with E-state index in [0.29, 0.717) is 5.82 Å². The quantitative estimate of drug-likeness (QED) is 0.192. The van der Waals surface area contributed by atoms with Crippen LogP contribution in [-0.2, 0) is 0 Å². The molecule has 0 amide bonds. The highest BCUT2D eigenvalue weighted by atomic mass is 15.2. The van der Waals surface area contributed by atoms with Crippen LogP contribution in [-0.4, -0.2) is 14.5 Å². The van der Waals surface area contributed by atoms with Gasteiger partial charge in [-0.2, -0.15) is 0 Å². The van der Waals surface area contributed by atoms with Gasteiger partial charge in [0.2, 0.25) is 0 Å². The maximum absolute atomic E-state index is 5.28. The van der Waals surface area contributed by atoms with Crippen LogP contribution in [0.25, 0.3) is 72.5 Å². The molecule has 0 fully saturated rings. The fourth-order valence-electron chi connectivity index (χ4n) is 7.59. The first-order chi connectivity index (χ1) is 24.8. The van der Waals surface area contributed by atoms with E-state index in [2.05, 4.69) is 167 Å². The summed E-state index contributed by atoms with van der Waals surface area (Å²) in [5.74, 6) is 1.52. The van der Waals surface area contributed by atoms with Crippen LogP contribution in [0.1, 0.15) is 0 Å². The van der Waals surface area contributed by atoms with Crippen molar-refractivity contribution in [3.63, 3.8) is 0 Å². The van der Waals surface area contributed by atoms with Crippen LogP contribution in [0.5, 0.6) is 0 Å². The molecule has 0 radical (unpaired) electrons. The topological polar surface area (TPSA) is 34.0 Å². The zero-order valence-corrected chi connectivity index (χ0v) is 27.1. The number of para-hydroxylation sites is 3. The van der Waals surface area contributed by atoms with Gasteiger partial charge in [-0.25, -0.2) is 9.97 Å². The maximum Gasteiger partial charge on any atom is 0.162 e. The molecule has 234 valence electrons. The Kier molecular flexibility index (Phi) is 6.46. The first-order valence-electron chi connectivity index (χ1n) is 16.9. The van der Waals surface area contributed by atoms with Crippen molar-refractivity contribution in [2.45, 2.75) is 0 Å². The molecule has 4 heteroatoms. The molecule has 0 unspecified atom stereocenters. The van der Waals surface area contributed by atoms with Gasteiger partial charge in [0.05, 0.1) is 28.1 Å². The van der Waals surface area contributed by atoms with E-state index in [-0.39, 0.29) is 0 Å². The maximum atomic E-state index is 5.28. The van der Waals surface area contributed by atoms with Crippen LogP contribution in [0, 0.1) is 0 Å². The van der Waals surface area contributed by atoms with Crippen LogP contribution in [0.2, 0.25) is 0 Å². The number of anilines is 3. The minimum absolute atomic E-state index is 0.693. The summed E-state index contributed by atoms with van der Waals surface area (Å²) >= 11 is 0. The van der Waals surface area contributed by atoms with E-state index in [0.717, 1.165) is 50.7 Å². The number of benzene rings is 7. The lowest BCUT2D eigenvalue weighted by Crippen LogP contribution is -2.11. The Bertz CT molecular complexity index is 2640. The zero-order chi connectivity index (χ0) is 33.0. The van der Waals surface area contributed by atoms with E-state index in [1.165, 1.54) is 33.0 Å². The van der Waals surface area contributed by atoms with Crippen molar-refractivity contribution in [2.24, 2.45) is 0 Å². The molecule has 0 spiro atoms. The fraction of sp³-hybridized carbons (Fsp3) is 0. The van der Waals surface area contributed by atoms with Gasteiger partial charge < -0.3 is 4.90 Å². The minimum atomic E-state index is 0.693. The zero-order valence-electron chi connectivity index (χ0n) is 27.1. The number of hydrogen-bond donors (Lipinski definition) is 0. The Morgan fingerprint density at radius 1 is 0.420 bits per heavy atom. The molecule has 0 saturated heterocycles. The van der Waals surface area contributed by atoms with E-state index < -0.39 is 0 Å². The molecule has 9 aromatic rings. The summed E-state index contributed by atoms with van der Waals surface area (Å²) in [4.78, 5) is 12.8. The molecular weight excluding hydrogens is 609 g/mol. The first-order valence-corrected chi connectivity index (χ1v) is 16.9. The van der Waals surface area contributed by atoms with Gasteiger partial charge in [-0.3, -0.25) is 4.57 Å². The molecular formula is C46H30N4. The Labute approximate surface area is 290 Å². The standard InChI is InChI=1S/C46H30N4/c1-4-16-31(17-5-1)38-30-43(48-46(47-38)32-18-6-2-7-19-32)50-40-27-15-13-25-37(40)45-42(50)29-28-41-44(45)36-24-11-10-22-34(36)35-23-12-14-26-39(35)49(41)33-20-8-3-9-21-33/h1-30H. The van der Waals surface area contributed by atoms with Gasteiger partial charge in [-0.1, -0.05) is 140 Å². The van der Waals surface area contributed by atoms with Gasteiger partial charge in [-0.05, 0) is 47.5 Å². The largest absolute Gasteiger partial charge is 0.309 e. The lowest BCUT2D eigenvalue weighted by atomic mass is 9.92. The number of rotatable bonds is 4. The monoisotopic (exact) mass is 638 g/mol. The highest BCUT2D eigenvalue weighted by Crippen LogP contribution is 2.54. The Hall–Kier alpha value is -6.78. The molecule has 2 aromatic heterocycles. The molecule has 0 saturated carbocycles. The molecule has 1 aliphatic heterocycles. The summed E-state index contributed by atoms with van der Waals surface area (Å²) in [6.07, 6.45) is 0. The number of nitrogens with zero attached hydrogens (tertiary/aromatic N) is 4. The second-order valence-electron chi connectivity index (χ2n) is 12.6. The molecule has 50 heavy (non-hydrogen) atoms. The van der Waals surface area contributed by atoms with Gasteiger partial charge in [-0.15, -0.1) is 0 Å². The van der Waals surface area contributed by atoms with Gasteiger partial charge in [0.1, 0.15) is 5.82 Å². The highest BCUT2D eigenvalue weighted by molar-refractivity contribution is 6.21. The van der Waals surface area contributed by atoms with Crippen molar-refractivity contribution in [3.05, 3.63) is 182 Å². The van der Waals surface area contributed by atoms with Crippen molar-refractivity contribution < 1.29 is 0 Å². The van der Waals surface area contributed by atoms with E-state index >= 15 is 0 Å². The second-order valence-corrected chi connectivity index (χ2v) is 12.6. The molecule has 0 bridgehead atoms. The first kappa shape index (κ1) is 28.3. The molecule has 0 aliphatic carbocycles. The molecule has 10 rings (SSSR count). The summed E-state index contributed by atoms with van der Waals surface area (Å²) in [7, 11) is 0. The lowest BCUT2D eigenvalue weighted by molar-refractivity contribution is 1.05. The van der Waals surface area contributed by atoms with Crippen LogP contribution >= 0.6 is 0 Å². The summed E-state index contributed by atoms with van der Waals surface area (Å²) < 4.78 is 2.32. The third kappa shape index (κ3) is 4.39. The van der Waals surface area contributed by atoms with Crippen molar-refractivity contribution in [1.82, 2.24) is 14.5 Å². The molecule has 3 heterocycles. The third-order valence-electron chi connectivity index (χ3n) is 9.75. The summed E-state index contributed by atoms with van der Waals surface area (Å²) in [6.45, 7) is 0. The highest BCUT2D eigenvalue weighted by Gasteiger charge is 2.29. The van der Waals surface area contributed by atoms with Crippen LogP contribution in [0.4, 0.5) is 17.1 Å². The van der Waals surface area contributed by atoms with Crippen LogP contribution < -0.4 is 4.90 Å². The lowest BCUT2D eigenvalue weighted by Gasteiger charge is -2.27. The van der Waals surface area contributed by atoms with E-state index in [9.17, 15) is 0 Å². The predicted octanol–water partition coefficient (Wildman–Crippen LogP) is 12.0. The van der Waals surface area contributed by atoms with E-state index in [4.69, 9.17) is 9.97 Å². The average molecular weight is 639 g/mol. The molecule has 0 atom stereocenters. The molecule has 0 N–H and O–H groups in total. The normalized spacial score (nSPS) is 12.0. The number of fused-ring (bicyclic) bond motifs is 9. The van der Waals surface area contributed by atoms with E-state index in [1.54, 1.807) is 0 Å². The summed E-state index contributed by atoms with van der Waals surface area (Å²) in [6, 6.07) is 64.3. The van der Waals surface area contributed by atoms with Crippen molar-refractivity contribution >= 4 is 38.9 Å². The van der Waals surface area contributed by atoms with E-state index in [1.807, 2.05) is 24.3 Å². The summed E-state index contributed by atoms with van der Waals surface area (Å²) in [5.41, 5.74) is 13.3. The number of hydrogen-bond acceptors (Lipinski definition) is 3. The van der Waals surface area contributed by atoms with Crippen LogP contribution in [0.3, 0.4) is 0 Å². The Balaban J connectivity index is 1.33. The molecule has 7 aromatic carbocycles. The minimum Gasteiger partial charge on any atom is -0.309 e. The fourth-order valence-corrected chi connectivity index (χ4v) is 7.59. The number of aromatic nitrogens is 3. The Morgan fingerprint density at radius 3 is 1.82 bits per heavy atom. The second kappa shape index (κ2) is 11.4.